The third kappa shape index (κ3) is 2.76. The third-order valence-electron chi connectivity index (χ3n) is 6.40. The van der Waals surface area contributed by atoms with E-state index >= 15 is 0 Å². The Morgan fingerprint density at radius 1 is 1.26 bits per heavy atom. The normalized spacial score (nSPS) is 22.0. The molecule has 156 valence electrons. The summed E-state index contributed by atoms with van der Waals surface area (Å²) in [6.07, 6.45) is 5.96. The van der Waals surface area contributed by atoms with Crippen LogP contribution in [-0.4, -0.2) is 29.2 Å². The molecular formula is C22H19FN6O2. The highest BCUT2D eigenvalue weighted by atomic mass is 19.1. The summed E-state index contributed by atoms with van der Waals surface area (Å²) in [6, 6.07) is 5.51. The molecular weight excluding hydrogens is 399 g/mol. The van der Waals surface area contributed by atoms with Crippen molar-refractivity contribution in [1.29, 1.82) is 0 Å². The van der Waals surface area contributed by atoms with Gasteiger partial charge in [-0.3, -0.25) is 9.36 Å². The van der Waals surface area contributed by atoms with Crippen molar-refractivity contribution in [3.05, 3.63) is 75.9 Å². The Hall–Kier alpha value is -3.62. The first-order valence-electron chi connectivity index (χ1n) is 10.2. The highest BCUT2D eigenvalue weighted by molar-refractivity contribution is 5.71. The number of hydrogen-bond donors (Lipinski definition) is 0. The molecule has 9 heteroatoms. The zero-order valence-corrected chi connectivity index (χ0v) is 17.0. The minimum absolute atomic E-state index is 0.141. The molecule has 3 aromatic heterocycles. The summed E-state index contributed by atoms with van der Waals surface area (Å²) in [6.45, 7) is 1.93. The number of benzene rings is 1. The average Bonchev–Trinajstić information content (AvgIpc) is 3.18. The number of fused-ring (bicyclic) bond motifs is 2. The molecule has 0 saturated heterocycles. The van der Waals surface area contributed by atoms with E-state index in [4.69, 9.17) is 4.52 Å². The number of rotatable bonds is 4. The minimum atomic E-state index is -0.208. The van der Waals surface area contributed by atoms with Crippen molar-refractivity contribution in [1.82, 2.24) is 29.2 Å². The van der Waals surface area contributed by atoms with E-state index in [1.807, 2.05) is 12.1 Å². The van der Waals surface area contributed by atoms with Gasteiger partial charge in [-0.25, -0.2) is 14.4 Å². The third-order valence-corrected chi connectivity index (χ3v) is 6.40. The predicted molar refractivity (Wildman–Crippen MR) is 110 cm³/mol. The van der Waals surface area contributed by atoms with Gasteiger partial charge in [0.1, 0.15) is 18.7 Å². The first kappa shape index (κ1) is 18.2. The standard InChI is InChI=1S/C22H19FN6O2/c1-11-4-3-5-13(18(11)23)12-6-14-15(7-12)17(14)20-26-16(31-27-20)8-29-10-25-21-19(22(29)30)28(2)9-24-21/h3-6,9-10,14-15,17H,7-8H2,1-2H3/t14-,15+,17+/m0/s1. The summed E-state index contributed by atoms with van der Waals surface area (Å²) < 4.78 is 22.9. The van der Waals surface area contributed by atoms with Crippen LogP contribution in [0.4, 0.5) is 4.39 Å². The summed E-state index contributed by atoms with van der Waals surface area (Å²) in [7, 11) is 1.75. The largest absolute Gasteiger partial charge is 0.337 e. The summed E-state index contributed by atoms with van der Waals surface area (Å²) in [4.78, 5) is 25.5. The van der Waals surface area contributed by atoms with Crippen LogP contribution in [0.1, 0.15) is 35.2 Å². The van der Waals surface area contributed by atoms with Crippen molar-refractivity contribution >= 4 is 16.7 Å². The Labute approximate surface area is 176 Å². The topological polar surface area (TPSA) is 91.6 Å². The zero-order chi connectivity index (χ0) is 21.3. The molecule has 1 aromatic carbocycles. The van der Waals surface area contributed by atoms with E-state index in [2.05, 4.69) is 26.2 Å². The molecule has 0 aliphatic heterocycles. The number of aromatic nitrogens is 6. The van der Waals surface area contributed by atoms with Crippen LogP contribution < -0.4 is 5.56 Å². The van der Waals surface area contributed by atoms with E-state index in [0.29, 0.717) is 45.8 Å². The molecule has 3 atom stereocenters. The lowest BCUT2D eigenvalue weighted by Gasteiger charge is -2.08. The molecule has 0 amide bonds. The van der Waals surface area contributed by atoms with Crippen molar-refractivity contribution in [2.75, 3.05) is 0 Å². The molecule has 6 rings (SSSR count). The quantitative estimate of drug-likeness (QED) is 0.506. The van der Waals surface area contributed by atoms with Crippen LogP contribution >= 0.6 is 0 Å². The fraction of sp³-hybridized carbons (Fsp3) is 0.318. The van der Waals surface area contributed by atoms with Gasteiger partial charge in [-0.1, -0.05) is 29.4 Å². The van der Waals surface area contributed by atoms with Crippen molar-refractivity contribution in [3.63, 3.8) is 0 Å². The number of halogens is 1. The van der Waals surface area contributed by atoms with Crippen LogP contribution in [0.3, 0.4) is 0 Å². The van der Waals surface area contributed by atoms with Crippen molar-refractivity contribution < 1.29 is 8.91 Å². The predicted octanol–water partition coefficient (Wildman–Crippen LogP) is 2.83. The SMILES string of the molecule is Cc1cccc(C2=C[C@H]3[C@@H](C2)[C@@H]3c2noc(Cn3cnc4ncn(C)c4c3=O)n2)c1F. The van der Waals surface area contributed by atoms with Gasteiger partial charge in [0.15, 0.2) is 17.0 Å². The van der Waals surface area contributed by atoms with Crippen LogP contribution in [0.2, 0.25) is 0 Å². The molecule has 1 saturated carbocycles. The second kappa shape index (κ2) is 6.44. The van der Waals surface area contributed by atoms with Crippen LogP contribution in [0, 0.1) is 24.6 Å². The van der Waals surface area contributed by atoms with Gasteiger partial charge < -0.3 is 9.09 Å². The molecule has 0 bridgehead atoms. The van der Waals surface area contributed by atoms with Crippen LogP contribution in [0.25, 0.3) is 16.7 Å². The van der Waals surface area contributed by atoms with E-state index in [0.717, 1.165) is 12.0 Å². The van der Waals surface area contributed by atoms with Crippen LogP contribution in [0.15, 0.2) is 46.2 Å². The second-order valence-electron chi connectivity index (χ2n) is 8.35. The summed E-state index contributed by atoms with van der Waals surface area (Å²) in [5.74, 6) is 1.72. The Bertz CT molecular complexity index is 1430. The lowest BCUT2D eigenvalue weighted by atomic mass is 9.98. The van der Waals surface area contributed by atoms with Crippen LogP contribution in [-0.2, 0) is 13.6 Å². The van der Waals surface area contributed by atoms with Gasteiger partial charge in [0.2, 0.25) is 5.89 Å². The molecule has 0 spiro atoms. The Morgan fingerprint density at radius 2 is 2.10 bits per heavy atom. The molecule has 8 nitrogen and oxygen atoms in total. The second-order valence-corrected chi connectivity index (χ2v) is 8.35. The number of hydrogen-bond acceptors (Lipinski definition) is 6. The van der Waals surface area contributed by atoms with E-state index in [9.17, 15) is 9.18 Å². The Kier molecular flexibility index (Phi) is 3.77. The van der Waals surface area contributed by atoms with Crippen molar-refractivity contribution in [3.8, 4) is 0 Å². The maximum atomic E-state index is 14.4. The molecule has 2 aliphatic carbocycles. The molecule has 0 N–H and O–H groups in total. The van der Waals surface area contributed by atoms with Crippen molar-refractivity contribution in [2.45, 2.75) is 25.8 Å². The van der Waals surface area contributed by atoms with E-state index in [-0.39, 0.29) is 23.8 Å². The minimum Gasteiger partial charge on any atom is -0.337 e. The highest BCUT2D eigenvalue weighted by Gasteiger charge is 2.55. The van der Waals surface area contributed by atoms with Gasteiger partial charge in [0.25, 0.3) is 5.56 Å². The zero-order valence-electron chi connectivity index (χ0n) is 17.0. The fourth-order valence-corrected chi connectivity index (χ4v) is 4.70. The monoisotopic (exact) mass is 418 g/mol. The van der Waals surface area contributed by atoms with Crippen LogP contribution in [0.5, 0.6) is 0 Å². The smallest absolute Gasteiger partial charge is 0.280 e. The Morgan fingerprint density at radius 3 is 2.90 bits per heavy atom. The van der Waals surface area contributed by atoms with Crippen molar-refractivity contribution in [2.24, 2.45) is 18.9 Å². The Balaban J connectivity index is 1.21. The highest BCUT2D eigenvalue weighted by Crippen LogP contribution is 2.62. The lowest BCUT2D eigenvalue weighted by Crippen LogP contribution is -2.22. The van der Waals surface area contributed by atoms with E-state index in [1.54, 1.807) is 30.9 Å². The first-order chi connectivity index (χ1) is 15.0. The van der Waals surface area contributed by atoms with Gasteiger partial charge >= 0.3 is 0 Å². The van der Waals surface area contributed by atoms with Gasteiger partial charge in [-0.2, -0.15) is 4.98 Å². The molecule has 2 aliphatic rings. The summed E-state index contributed by atoms with van der Waals surface area (Å²) >= 11 is 0. The van der Waals surface area contributed by atoms with Gasteiger partial charge in [-0.05, 0) is 36.3 Å². The van der Waals surface area contributed by atoms with E-state index < -0.39 is 0 Å². The lowest BCUT2D eigenvalue weighted by molar-refractivity contribution is 0.364. The van der Waals surface area contributed by atoms with Gasteiger partial charge in [0.05, 0.1) is 6.33 Å². The molecule has 31 heavy (non-hydrogen) atoms. The van der Waals surface area contributed by atoms with Gasteiger partial charge in [-0.15, -0.1) is 0 Å². The number of nitrogens with zero attached hydrogens (tertiary/aromatic N) is 6. The number of imidazole rings is 1. The molecule has 3 heterocycles. The molecule has 1 fully saturated rings. The molecule has 0 radical (unpaired) electrons. The van der Waals surface area contributed by atoms with Gasteiger partial charge in [0, 0.05) is 18.5 Å². The molecule has 4 aromatic rings. The summed E-state index contributed by atoms with van der Waals surface area (Å²) in [5, 5.41) is 4.14. The average molecular weight is 418 g/mol. The summed E-state index contributed by atoms with van der Waals surface area (Å²) in [5.41, 5.74) is 3.04. The maximum absolute atomic E-state index is 14.4. The maximum Gasteiger partial charge on any atom is 0.280 e. The van der Waals surface area contributed by atoms with E-state index in [1.165, 1.54) is 10.9 Å². The number of aryl methyl sites for hydroxylation is 2. The first-order valence-corrected chi connectivity index (χ1v) is 10.2. The fourth-order valence-electron chi connectivity index (χ4n) is 4.70. The molecule has 0 unspecified atom stereocenters. The number of allylic oxidation sites excluding steroid dienone is 2.